The maximum absolute atomic E-state index is 11.6. The van der Waals surface area contributed by atoms with E-state index in [2.05, 4.69) is 27.4 Å². The Hall–Kier alpha value is -1.87. The number of amides is 3. The van der Waals surface area contributed by atoms with E-state index in [4.69, 9.17) is 5.73 Å². The zero-order valence-electron chi connectivity index (χ0n) is 11.3. The van der Waals surface area contributed by atoms with E-state index in [1.807, 2.05) is 11.5 Å². The summed E-state index contributed by atoms with van der Waals surface area (Å²) in [6.45, 7) is 6.66. The molecule has 0 saturated carbocycles. The molecule has 8 nitrogen and oxygen atoms in total. The fraction of sp³-hybridized carbons (Fsp3) is 0.455. The standard InChI is InChI=1S/C11H18N6O2S/c1-3-5-13-10(19)14-9(18)7-20-11-16-15-8(6-12)17(11)4-2/h3H,1,4-7,12H2,2H3,(H2,13,14,18,19). The average Bonchev–Trinajstić information content (AvgIpc) is 2.84. The van der Waals surface area contributed by atoms with Crippen LogP contribution in [-0.2, 0) is 17.9 Å². The summed E-state index contributed by atoms with van der Waals surface area (Å²) in [6.07, 6.45) is 1.52. The highest BCUT2D eigenvalue weighted by molar-refractivity contribution is 7.99. The summed E-state index contributed by atoms with van der Waals surface area (Å²) >= 11 is 1.20. The Labute approximate surface area is 121 Å². The van der Waals surface area contributed by atoms with Crippen molar-refractivity contribution < 1.29 is 9.59 Å². The molecule has 0 spiro atoms. The van der Waals surface area contributed by atoms with E-state index in [0.717, 1.165) is 0 Å². The van der Waals surface area contributed by atoms with Crippen LogP contribution in [0.5, 0.6) is 0 Å². The second-order valence-electron chi connectivity index (χ2n) is 3.68. The molecule has 9 heteroatoms. The van der Waals surface area contributed by atoms with Crippen LogP contribution in [0.4, 0.5) is 4.79 Å². The Morgan fingerprint density at radius 2 is 2.25 bits per heavy atom. The SMILES string of the molecule is C=CCNC(=O)NC(=O)CSc1nnc(CN)n1CC. The lowest BCUT2D eigenvalue weighted by molar-refractivity contribution is -0.117. The molecule has 3 amide bonds. The lowest BCUT2D eigenvalue weighted by Gasteiger charge is -2.06. The van der Waals surface area contributed by atoms with Crippen molar-refractivity contribution in [2.75, 3.05) is 12.3 Å². The Morgan fingerprint density at radius 1 is 1.50 bits per heavy atom. The van der Waals surface area contributed by atoms with Gasteiger partial charge in [-0.3, -0.25) is 10.1 Å². The van der Waals surface area contributed by atoms with Gasteiger partial charge in [-0.05, 0) is 6.92 Å². The minimum absolute atomic E-state index is 0.0736. The van der Waals surface area contributed by atoms with Crippen LogP contribution in [0, 0.1) is 0 Å². The van der Waals surface area contributed by atoms with Gasteiger partial charge in [0.25, 0.3) is 0 Å². The molecule has 0 radical (unpaired) electrons. The molecular weight excluding hydrogens is 280 g/mol. The lowest BCUT2D eigenvalue weighted by Crippen LogP contribution is -2.40. The summed E-state index contributed by atoms with van der Waals surface area (Å²) in [5.74, 6) is 0.333. The summed E-state index contributed by atoms with van der Waals surface area (Å²) in [7, 11) is 0. The third-order valence-corrected chi connectivity index (χ3v) is 3.25. The number of urea groups is 1. The summed E-state index contributed by atoms with van der Waals surface area (Å²) < 4.78 is 1.83. The molecule has 0 saturated heterocycles. The molecule has 0 fully saturated rings. The monoisotopic (exact) mass is 298 g/mol. The van der Waals surface area contributed by atoms with Gasteiger partial charge in [-0.1, -0.05) is 17.8 Å². The Bertz CT molecular complexity index is 487. The fourth-order valence-electron chi connectivity index (χ4n) is 1.40. The summed E-state index contributed by atoms with van der Waals surface area (Å²) in [5, 5.41) is 13.1. The molecule has 0 atom stereocenters. The topological polar surface area (TPSA) is 115 Å². The highest BCUT2D eigenvalue weighted by Crippen LogP contribution is 2.16. The van der Waals surface area contributed by atoms with Gasteiger partial charge >= 0.3 is 6.03 Å². The van der Waals surface area contributed by atoms with E-state index in [1.54, 1.807) is 0 Å². The molecule has 1 heterocycles. The van der Waals surface area contributed by atoms with Crippen LogP contribution in [0.2, 0.25) is 0 Å². The third-order valence-electron chi connectivity index (χ3n) is 2.28. The first kappa shape index (κ1) is 16.2. The Balaban J connectivity index is 2.46. The molecule has 0 unspecified atom stereocenters. The summed E-state index contributed by atoms with van der Waals surface area (Å²) in [6, 6.07) is -0.546. The van der Waals surface area contributed by atoms with Gasteiger partial charge in [-0.2, -0.15) is 0 Å². The Morgan fingerprint density at radius 3 is 2.85 bits per heavy atom. The molecule has 110 valence electrons. The van der Waals surface area contributed by atoms with Gasteiger partial charge in [-0.15, -0.1) is 16.8 Å². The highest BCUT2D eigenvalue weighted by Gasteiger charge is 2.13. The van der Waals surface area contributed by atoms with Crippen LogP contribution in [0.1, 0.15) is 12.7 Å². The van der Waals surface area contributed by atoms with Crippen molar-refractivity contribution in [2.24, 2.45) is 5.73 Å². The van der Waals surface area contributed by atoms with Crippen molar-refractivity contribution in [3.8, 4) is 0 Å². The number of aromatic nitrogens is 3. The molecule has 1 aromatic rings. The van der Waals surface area contributed by atoms with E-state index < -0.39 is 11.9 Å². The normalized spacial score (nSPS) is 10.1. The number of rotatable bonds is 7. The second-order valence-corrected chi connectivity index (χ2v) is 4.63. The number of thioether (sulfide) groups is 1. The number of nitrogens with zero attached hydrogens (tertiary/aromatic N) is 3. The highest BCUT2D eigenvalue weighted by atomic mass is 32.2. The molecule has 0 aliphatic rings. The molecule has 4 N–H and O–H groups in total. The van der Waals surface area contributed by atoms with Crippen LogP contribution < -0.4 is 16.4 Å². The number of carbonyl (C=O) groups excluding carboxylic acids is 2. The van der Waals surface area contributed by atoms with Crippen molar-refractivity contribution in [1.29, 1.82) is 0 Å². The summed E-state index contributed by atoms with van der Waals surface area (Å²) in [5.41, 5.74) is 5.54. The quantitative estimate of drug-likeness (QED) is 0.477. The minimum atomic E-state index is -0.546. The smallest absolute Gasteiger partial charge is 0.321 e. The lowest BCUT2D eigenvalue weighted by atomic mass is 10.6. The number of hydrogen-bond acceptors (Lipinski definition) is 6. The van der Waals surface area contributed by atoms with Gasteiger partial charge in [0.1, 0.15) is 5.82 Å². The third kappa shape index (κ3) is 4.67. The van der Waals surface area contributed by atoms with Crippen LogP contribution >= 0.6 is 11.8 Å². The maximum atomic E-state index is 11.6. The van der Waals surface area contributed by atoms with Gasteiger partial charge in [0.15, 0.2) is 5.16 Å². The molecule has 20 heavy (non-hydrogen) atoms. The zero-order chi connectivity index (χ0) is 15.0. The summed E-state index contributed by atoms with van der Waals surface area (Å²) in [4.78, 5) is 22.8. The van der Waals surface area contributed by atoms with E-state index in [9.17, 15) is 9.59 Å². The predicted octanol–water partition coefficient (Wildman–Crippen LogP) is -0.139. The molecule has 0 aliphatic carbocycles. The number of nitrogens with one attached hydrogen (secondary N) is 2. The molecule has 1 rings (SSSR count). The molecular formula is C11H18N6O2S. The first-order valence-electron chi connectivity index (χ1n) is 6.05. The van der Waals surface area contributed by atoms with Crippen molar-refractivity contribution in [1.82, 2.24) is 25.4 Å². The van der Waals surface area contributed by atoms with Crippen LogP contribution in [0.25, 0.3) is 0 Å². The van der Waals surface area contributed by atoms with E-state index in [1.165, 1.54) is 17.8 Å². The second kappa shape index (κ2) is 8.33. The van der Waals surface area contributed by atoms with Crippen LogP contribution in [-0.4, -0.2) is 39.0 Å². The maximum Gasteiger partial charge on any atom is 0.321 e. The van der Waals surface area contributed by atoms with Crippen LogP contribution in [0.15, 0.2) is 17.8 Å². The minimum Gasteiger partial charge on any atom is -0.334 e. The number of carbonyl (C=O) groups is 2. The first-order valence-corrected chi connectivity index (χ1v) is 7.04. The molecule has 0 aromatic carbocycles. The molecule has 0 bridgehead atoms. The number of hydrogen-bond donors (Lipinski definition) is 3. The predicted molar refractivity (Wildman–Crippen MR) is 76.0 cm³/mol. The number of imide groups is 1. The largest absolute Gasteiger partial charge is 0.334 e. The van der Waals surface area contributed by atoms with Crippen molar-refractivity contribution in [3.63, 3.8) is 0 Å². The van der Waals surface area contributed by atoms with Gasteiger partial charge in [0.05, 0.1) is 12.3 Å². The first-order chi connectivity index (χ1) is 9.62. The van der Waals surface area contributed by atoms with Gasteiger partial charge in [-0.25, -0.2) is 4.79 Å². The van der Waals surface area contributed by atoms with Gasteiger partial charge < -0.3 is 15.6 Å². The number of nitrogens with two attached hydrogens (primary N) is 1. The fourth-order valence-corrected chi connectivity index (χ4v) is 2.22. The van der Waals surface area contributed by atoms with E-state index in [-0.39, 0.29) is 12.3 Å². The Kier molecular flexibility index (Phi) is 6.74. The van der Waals surface area contributed by atoms with Crippen molar-refractivity contribution >= 4 is 23.7 Å². The van der Waals surface area contributed by atoms with Gasteiger partial charge in [0, 0.05) is 13.1 Å². The van der Waals surface area contributed by atoms with Crippen LogP contribution in [0.3, 0.4) is 0 Å². The molecule has 0 aliphatic heterocycles. The van der Waals surface area contributed by atoms with E-state index >= 15 is 0 Å². The molecule has 1 aromatic heterocycles. The average molecular weight is 298 g/mol. The zero-order valence-corrected chi connectivity index (χ0v) is 12.1. The van der Waals surface area contributed by atoms with Gasteiger partial charge in [0.2, 0.25) is 5.91 Å². The van der Waals surface area contributed by atoms with E-state index in [0.29, 0.717) is 24.1 Å². The van der Waals surface area contributed by atoms with Crippen molar-refractivity contribution in [3.05, 3.63) is 18.5 Å². The van der Waals surface area contributed by atoms with Crippen molar-refractivity contribution in [2.45, 2.75) is 25.2 Å².